The maximum atomic E-state index is 9.97. The highest BCUT2D eigenvalue weighted by molar-refractivity contribution is 6.43. The van der Waals surface area contributed by atoms with E-state index in [1.54, 1.807) is 10.7 Å². The number of aromatic nitrogens is 3. The Morgan fingerprint density at radius 1 is 1.32 bits per heavy atom. The highest BCUT2D eigenvalue weighted by atomic mass is 35.5. The molecule has 2 unspecified atom stereocenters. The Hall–Kier alpha value is -1.14. The number of likely N-dealkylation sites (tertiary alicyclic amines) is 1. The summed E-state index contributed by atoms with van der Waals surface area (Å²) in [6.45, 7) is 4.35. The second-order valence-corrected chi connectivity index (χ2v) is 6.44. The van der Waals surface area contributed by atoms with Crippen molar-refractivity contribution in [3.63, 3.8) is 0 Å². The zero-order valence-corrected chi connectivity index (χ0v) is 13.8. The van der Waals surface area contributed by atoms with Crippen molar-refractivity contribution in [2.75, 3.05) is 13.1 Å². The van der Waals surface area contributed by atoms with E-state index in [9.17, 15) is 5.11 Å². The van der Waals surface area contributed by atoms with Gasteiger partial charge in [0.25, 0.3) is 0 Å². The molecule has 1 aromatic carbocycles. The molecule has 0 aliphatic carbocycles. The van der Waals surface area contributed by atoms with Crippen molar-refractivity contribution in [3.8, 4) is 5.69 Å². The number of benzene rings is 1. The summed E-state index contributed by atoms with van der Waals surface area (Å²) in [5.41, 5.74) is 1.56. The highest BCUT2D eigenvalue weighted by Crippen LogP contribution is 2.28. The van der Waals surface area contributed by atoms with Crippen molar-refractivity contribution >= 4 is 23.2 Å². The van der Waals surface area contributed by atoms with Gasteiger partial charge in [0.15, 0.2) is 0 Å². The van der Waals surface area contributed by atoms with Crippen molar-refractivity contribution in [1.82, 2.24) is 19.9 Å². The van der Waals surface area contributed by atoms with E-state index in [1.807, 2.05) is 18.3 Å². The summed E-state index contributed by atoms with van der Waals surface area (Å²) in [6.07, 6.45) is 2.59. The van der Waals surface area contributed by atoms with Crippen LogP contribution in [0.4, 0.5) is 0 Å². The summed E-state index contributed by atoms with van der Waals surface area (Å²) in [6, 6.07) is 5.41. The quantitative estimate of drug-likeness (QED) is 0.929. The molecule has 5 nitrogen and oxygen atoms in total. The van der Waals surface area contributed by atoms with E-state index < -0.39 is 0 Å². The van der Waals surface area contributed by atoms with Crippen LogP contribution in [0.25, 0.3) is 5.69 Å². The van der Waals surface area contributed by atoms with Gasteiger partial charge in [0.05, 0.1) is 33.7 Å². The van der Waals surface area contributed by atoms with Crippen LogP contribution in [0, 0.1) is 5.92 Å². The van der Waals surface area contributed by atoms with Crippen LogP contribution in [-0.4, -0.2) is 44.2 Å². The van der Waals surface area contributed by atoms with Gasteiger partial charge in [0, 0.05) is 19.6 Å². The summed E-state index contributed by atoms with van der Waals surface area (Å²) in [5, 5.41) is 19.2. The van der Waals surface area contributed by atoms with Crippen LogP contribution in [0.2, 0.25) is 10.0 Å². The first kappa shape index (κ1) is 15.7. The number of rotatable bonds is 4. The lowest BCUT2D eigenvalue weighted by Gasteiger charge is -2.12. The number of halogens is 2. The Morgan fingerprint density at radius 3 is 2.86 bits per heavy atom. The third-order valence-electron chi connectivity index (χ3n) is 4.11. The van der Waals surface area contributed by atoms with Crippen LogP contribution in [0.1, 0.15) is 19.0 Å². The number of aliphatic hydroxyl groups excluding tert-OH is 1. The summed E-state index contributed by atoms with van der Waals surface area (Å²) in [5.74, 6) is 0.345. The molecule has 0 spiro atoms. The molecule has 118 valence electrons. The van der Waals surface area contributed by atoms with Crippen LogP contribution in [0.5, 0.6) is 0 Å². The van der Waals surface area contributed by atoms with Crippen molar-refractivity contribution in [3.05, 3.63) is 40.1 Å². The molecule has 1 aromatic heterocycles. The Morgan fingerprint density at radius 2 is 2.14 bits per heavy atom. The number of nitrogens with zero attached hydrogens (tertiary/aromatic N) is 4. The average Bonchev–Trinajstić information content (AvgIpc) is 3.09. The summed E-state index contributed by atoms with van der Waals surface area (Å²) >= 11 is 12.2. The van der Waals surface area contributed by atoms with Crippen molar-refractivity contribution in [2.45, 2.75) is 26.0 Å². The van der Waals surface area contributed by atoms with Gasteiger partial charge in [-0.3, -0.25) is 4.90 Å². The van der Waals surface area contributed by atoms with E-state index in [0.29, 0.717) is 34.7 Å². The van der Waals surface area contributed by atoms with Crippen molar-refractivity contribution < 1.29 is 5.11 Å². The molecule has 22 heavy (non-hydrogen) atoms. The largest absolute Gasteiger partial charge is 0.391 e. The van der Waals surface area contributed by atoms with Crippen molar-refractivity contribution in [1.29, 1.82) is 0 Å². The van der Waals surface area contributed by atoms with E-state index in [4.69, 9.17) is 23.2 Å². The fourth-order valence-corrected chi connectivity index (χ4v) is 3.24. The third kappa shape index (κ3) is 3.13. The summed E-state index contributed by atoms with van der Waals surface area (Å²) in [4.78, 5) is 2.20. The van der Waals surface area contributed by atoms with Gasteiger partial charge in [0.1, 0.15) is 0 Å². The molecule has 1 aliphatic rings. The van der Waals surface area contributed by atoms with E-state index in [-0.39, 0.29) is 6.10 Å². The lowest BCUT2D eigenvalue weighted by atomic mass is 10.0. The zero-order valence-electron chi connectivity index (χ0n) is 12.3. The first-order valence-corrected chi connectivity index (χ1v) is 8.10. The number of hydrogen-bond acceptors (Lipinski definition) is 4. The predicted octanol–water partition coefficient (Wildman–Crippen LogP) is 2.78. The number of aliphatic hydroxyl groups is 1. The van der Waals surface area contributed by atoms with Crippen LogP contribution in [0.3, 0.4) is 0 Å². The van der Waals surface area contributed by atoms with Gasteiger partial charge in [0.2, 0.25) is 0 Å². The normalized spacial score (nSPS) is 22.4. The first-order valence-electron chi connectivity index (χ1n) is 7.34. The zero-order chi connectivity index (χ0) is 15.7. The lowest BCUT2D eigenvalue weighted by Crippen LogP contribution is -2.21. The monoisotopic (exact) mass is 340 g/mol. The van der Waals surface area contributed by atoms with Gasteiger partial charge in [-0.25, -0.2) is 4.68 Å². The molecule has 2 heterocycles. The lowest BCUT2D eigenvalue weighted by molar-refractivity contribution is 0.139. The molecule has 0 bridgehead atoms. The molecule has 2 aromatic rings. The van der Waals surface area contributed by atoms with Gasteiger partial charge >= 0.3 is 0 Å². The molecule has 0 saturated carbocycles. The topological polar surface area (TPSA) is 54.2 Å². The molecular weight excluding hydrogens is 323 g/mol. The third-order valence-corrected chi connectivity index (χ3v) is 4.92. The summed E-state index contributed by atoms with van der Waals surface area (Å²) < 4.78 is 1.63. The molecule has 0 radical (unpaired) electrons. The van der Waals surface area contributed by atoms with Gasteiger partial charge in [-0.1, -0.05) is 41.4 Å². The van der Waals surface area contributed by atoms with Gasteiger partial charge < -0.3 is 5.11 Å². The Labute approximate surface area is 139 Å². The molecule has 1 fully saturated rings. The van der Waals surface area contributed by atoms with Gasteiger partial charge in [-0.2, -0.15) is 0 Å². The number of hydrogen-bond donors (Lipinski definition) is 1. The Kier molecular flexibility index (Phi) is 4.68. The molecule has 0 amide bonds. The van der Waals surface area contributed by atoms with Gasteiger partial charge in [-0.05, 0) is 24.5 Å². The van der Waals surface area contributed by atoms with E-state index in [2.05, 4.69) is 22.1 Å². The van der Waals surface area contributed by atoms with E-state index in [1.165, 1.54) is 0 Å². The fourth-order valence-electron chi connectivity index (χ4n) is 2.86. The van der Waals surface area contributed by atoms with Crippen LogP contribution < -0.4 is 0 Å². The predicted molar refractivity (Wildman–Crippen MR) is 86.4 cm³/mol. The molecule has 1 saturated heterocycles. The SMILES string of the molecule is CCC1CN(Cc2cn(-c3cccc(Cl)c3Cl)nn2)CC1O. The fraction of sp³-hybridized carbons (Fsp3) is 0.467. The second kappa shape index (κ2) is 6.54. The number of β-amino-alcohol motifs (C(OH)–C–C–N with tert-alkyl or cyclic N) is 1. The molecule has 3 rings (SSSR count). The maximum Gasteiger partial charge on any atom is 0.0971 e. The van der Waals surface area contributed by atoms with E-state index >= 15 is 0 Å². The van der Waals surface area contributed by atoms with E-state index in [0.717, 1.165) is 18.7 Å². The first-order chi connectivity index (χ1) is 10.6. The minimum absolute atomic E-state index is 0.248. The van der Waals surface area contributed by atoms with Gasteiger partial charge in [-0.15, -0.1) is 5.10 Å². The van der Waals surface area contributed by atoms with Crippen LogP contribution >= 0.6 is 23.2 Å². The maximum absolute atomic E-state index is 9.97. The minimum atomic E-state index is -0.248. The Bertz CT molecular complexity index is 661. The van der Waals surface area contributed by atoms with Crippen LogP contribution in [-0.2, 0) is 6.54 Å². The molecule has 1 aliphatic heterocycles. The molecular formula is C15H18Cl2N4O. The van der Waals surface area contributed by atoms with Crippen molar-refractivity contribution in [2.24, 2.45) is 5.92 Å². The standard InChI is InChI=1S/C15H18Cl2N4O/c1-2-10-6-20(9-14(10)22)7-11-8-21(19-18-11)13-5-3-4-12(16)15(13)17/h3-5,8,10,14,22H,2,6-7,9H2,1H3. The molecule has 7 heteroatoms. The highest BCUT2D eigenvalue weighted by Gasteiger charge is 2.30. The molecule has 1 N–H and O–H groups in total. The second-order valence-electron chi connectivity index (χ2n) is 5.66. The average molecular weight is 341 g/mol. The minimum Gasteiger partial charge on any atom is -0.391 e. The Balaban J connectivity index is 1.73. The summed E-state index contributed by atoms with van der Waals surface area (Å²) in [7, 11) is 0. The molecule has 2 atom stereocenters. The smallest absolute Gasteiger partial charge is 0.0971 e. The van der Waals surface area contributed by atoms with Crippen LogP contribution in [0.15, 0.2) is 24.4 Å².